The van der Waals surface area contributed by atoms with Crippen molar-refractivity contribution in [3.8, 4) is 16.8 Å². The van der Waals surface area contributed by atoms with Gasteiger partial charge in [-0.1, -0.05) is 30.3 Å². The number of fused-ring (bicyclic) bond motifs is 9. The molecule has 0 aliphatic carbocycles. The Kier molecular flexibility index (Phi) is 4.36. The standard InChI is InChI=1S/C34H19N3S2/c1-2-7-29-23(5-1)24-17-21(10-13-30(24)38-29)20-9-12-27-25(18-20)33-28(6-3-15-35-33)37(27)22-11-14-31-26(19-22)34-32(39-31)8-4-16-36-34/h1-19H. The Morgan fingerprint density at radius 3 is 2.10 bits per heavy atom. The molecule has 5 heterocycles. The second-order valence-corrected chi connectivity index (χ2v) is 12.0. The monoisotopic (exact) mass is 533 g/mol. The highest BCUT2D eigenvalue weighted by molar-refractivity contribution is 7.26. The van der Waals surface area contributed by atoms with Crippen molar-refractivity contribution >= 4 is 85.1 Å². The van der Waals surface area contributed by atoms with E-state index in [1.54, 1.807) is 11.3 Å². The molecule has 9 rings (SSSR count). The van der Waals surface area contributed by atoms with Crippen LogP contribution in [-0.2, 0) is 0 Å². The second-order valence-electron chi connectivity index (χ2n) is 9.88. The molecule has 0 radical (unpaired) electrons. The molecule has 39 heavy (non-hydrogen) atoms. The van der Waals surface area contributed by atoms with Gasteiger partial charge in [0.15, 0.2) is 0 Å². The Morgan fingerprint density at radius 2 is 1.15 bits per heavy atom. The molecule has 0 saturated heterocycles. The van der Waals surface area contributed by atoms with E-state index in [2.05, 4.69) is 101 Å². The molecule has 0 atom stereocenters. The topological polar surface area (TPSA) is 30.7 Å². The summed E-state index contributed by atoms with van der Waals surface area (Å²) in [6.07, 6.45) is 3.77. The van der Waals surface area contributed by atoms with Gasteiger partial charge in [0, 0.05) is 53.7 Å². The highest BCUT2D eigenvalue weighted by Crippen LogP contribution is 2.39. The summed E-state index contributed by atoms with van der Waals surface area (Å²) in [6, 6.07) is 37.4. The fraction of sp³-hybridized carbons (Fsp3) is 0. The van der Waals surface area contributed by atoms with Gasteiger partial charge in [-0.2, -0.15) is 0 Å². The molecule has 0 aliphatic rings. The lowest BCUT2D eigenvalue weighted by molar-refractivity contribution is 1.18. The maximum absolute atomic E-state index is 4.85. The fourth-order valence-electron chi connectivity index (χ4n) is 5.92. The van der Waals surface area contributed by atoms with Crippen molar-refractivity contribution in [1.82, 2.24) is 14.5 Å². The lowest BCUT2D eigenvalue weighted by atomic mass is 10.0. The summed E-state index contributed by atoms with van der Waals surface area (Å²) in [5, 5.41) is 5.00. The van der Waals surface area contributed by atoms with Gasteiger partial charge in [0.2, 0.25) is 0 Å². The van der Waals surface area contributed by atoms with Gasteiger partial charge in [0.1, 0.15) is 0 Å². The van der Waals surface area contributed by atoms with Crippen LogP contribution in [0.25, 0.3) is 79.2 Å². The number of hydrogen-bond donors (Lipinski definition) is 0. The van der Waals surface area contributed by atoms with Gasteiger partial charge in [-0.05, 0) is 83.9 Å². The Labute approximate surface area is 231 Å². The van der Waals surface area contributed by atoms with Crippen LogP contribution in [0, 0.1) is 0 Å². The van der Waals surface area contributed by atoms with E-state index in [4.69, 9.17) is 4.98 Å². The van der Waals surface area contributed by atoms with Gasteiger partial charge in [-0.3, -0.25) is 9.97 Å². The molecular weight excluding hydrogens is 515 g/mol. The normalized spacial score (nSPS) is 12.1. The van der Waals surface area contributed by atoms with Gasteiger partial charge in [-0.25, -0.2) is 0 Å². The number of thiophene rings is 2. The average Bonchev–Trinajstić information content (AvgIpc) is 3.65. The van der Waals surface area contributed by atoms with Crippen LogP contribution in [0.3, 0.4) is 0 Å². The molecule has 0 spiro atoms. The van der Waals surface area contributed by atoms with Gasteiger partial charge >= 0.3 is 0 Å². The lowest BCUT2D eigenvalue weighted by Crippen LogP contribution is -1.93. The van der Waals surface area contributed by atoms with Gasteiger partial charge in [-0.15, -0.1) is 22.7 Å². The first kappa shape index (κ1) is 21.4. The zero-order valence-corrected chi connectivity index (χ0v) is 22.3. The minimum atomic E-state index is 1.02. The zero-order valence-electron chi connectivity index (χ0n) is 20.6. The molecule has 0 amide bonds. The van der Waals surface area contributed by atoms with Crippen molar-refractivity contribution in [2.45, 2.75) is 0 Å². The predicted molar refractivity (Wildman–Crippen MR) is 168 cm³/mol. The van der Waals surface area contributed by atoms with E-state index >= 15 is 0 Å². The second kappa shape index (κ2) is 7.96. The van der Waals surface area contributed by atoms with E-state index in [1.165, 1.54) is 46.1 Å². The number of benzene rings is 4. The third-order valence-electron chi connectivity index (χ3n) is 7.70. The summed E-state index contributed by atoms with van der Waals surface area (Å²) >= 11 is 3.65. The van der Waals surface area contributed by atoms with E-state index < -0.39 is 0 Å². The molecule has 4 aromatic carbocycles. The van der Waals surface area contributed by atoms with Crippen molar-refractivity contribution in [2.75, 3.05) is 0 Å². The first-order valence-electron chi connectivity index (χ1n) is 12.9. The molecule has 0 unspecified atom stereocenters. The smallest absolute Gasteiger partial charge is 0.0963 e. The number of hydrogen-bond acceptors (Lipinski definition) is 4. The molecule has 0 aliphatic heterocycles. The van der Waals surface area contributed by atoms with Crippen molar-refractivity contribution in [2.24, 2.45) is 0 Å². The summed E-state index contributed by atoms with van der Waals surface area (Å²) in [5.41, 5.74) is 7.90. The Bertz CT molecular complexity index is 2410. The Hall–Kier alpha value is -4.58. The van der Waals surface area contributed by atoms with Crippen LogP contribution in [0.2, 0.25) is 0 Å². The first-order valence-corrected chi connectivity index (χ1v) is 14.5. The largest absolute Gasteiger partial charge is 0.308 e. The van der Waals surface area contributed by atoms with Crippen molar-refractivity contribution in [3.63, 3.8) is 0 Å². The molecule has 5 aromatic heterocycles. The van der Waals surface area contributed by atoms with E-state index in [1.807, 2.05) is 35.9 Å². The molecule has 5 heteroatoms. The van der Waals surface area contributed by atoms with Crippen LogP contribution < -0.4 is 0 Å². The van der Waals surface area contributed by atoms with Gasteiger partial charge in [0.25, 0.3) is 0 Å². The summed E-state index contributed by atoms with van der Waals surface area (Å²) < 4.78 is 7.46. The van der Waals surface area contributed by atoms with Crippen molar-refractivity contribution < 1.29 is 0 Å². The number of aromatic nitrogens is 3. The third-order valence-corrected chi connectivity index (χ3v) is 9.97. The number of nitrogens with zero attached hydrogens (tertiary/aromatic N) is 3. The van der Waals surface area contributed by atoms with E-state index in [9.17, 15) is 0 Å². The molecule has 0 N–H and O–H groups in total. The SMILES string of the molecule is c1ccc2c(c1)sc1ccc(-c3ccc4c(c3)c3ncccc3n4-c3ccc4sc5cccnc5c4c3)cc12. The van der Waals surface area contributed by atoms with Crippen LogP contribution in [0.4, 0.5) is 0 Å². The number of rotatable bonds is 2. The quantitative estimate of drug-likeness (QED) is 0.221. The van der Waals surface area contributed by atoms with E-state index in [0.29, 0.717) is 0 Å². The molecule has 0 fully saturated rings. The van der Waals surface area contributed by atoms with Crippen LogP contribution in [-0.4, -0.2) is 14.5 Å². The molecule has 0 bridgehead atoms. The molecule has 9 aromatic rings. The van der Waals surface area contributed by atoms with Crippen molar-refractivity contribution in [1.29, 1.82) is 0 Å². The fourth-order valence-corrected chi connectivity index (χ4v) is 8.05. The van der Waals surface area contributed by atoms with Crippen LogP contribution >= 0.6 is 22.7 Å². The van der Waals surface area contributed by atoms with E-state index in [0.717, 1.165) is 33.1 Å². The molecular formula is C34H19N3S2. The average molecular weight is 534 g/mol. The third kappa shape index (κ3) is 3.08. The highest BCUT2D eigenvalue weighted by Gasteiger charge is 2.16. The summed E-state index contributed by atoms with van der Waals surface area (Å²) in [4.78, 5) is 9.53. The van der Waals surface area contributed by atoms with Crippen LogP contribution in [0.1, 0.15) is 0 Å². The summed E-state index contributed by atoms with van der Waals surface area (Å²) in [5.74, 6) is 0. The van der Waals surface area contributed by atoms with Gasteiger partial charge in [0.05, 0.1) is 26.8 Å². The van der Waals surface area contributed by atoms with E-state index in [-0.39, 0.29) is 0 Å². The van der Waals surface area contributed by atoms with Crippen LogP contribution in [0.15, 0.2) is 116 Å². The summed E-state index contributed by atoms with van der Waals surface area (Å²) in [7, 11) is 0. The Morgan fingerprint density at radius 1 is 0.462 bits per heavy atom. The minimum absolute atomic E-state index is 1.02. The lowest BCUT2D eigenvalue weighted by Gasteiger charge is -2.09. The van der Waals surface area contributed by atoms with Gasteiger partial charge < -0.3 is 4.57 Å². The Balaban J connectivity index is 1.28. The zero-order chi connectivity index (χ0) is 25.5. The maximum atomic E-state index is 4.85. The van der Waals surface area contributed by atoms with Crippen LogP contribution in [0.5, 0.6) is 0 Å². The van der Waals surface area contributed by atoms with Crippen molar-refractivity contribution in [3.05, 3.63) is 116 Å². The molecule has 182 valence electrons. The highest BCUT2D eigenvalue weighted by atomic mass is 32.1. The summed E-state index contributed by atoms with van der Waals surface area (Å²) in [6.45, 7) is 0. The maximum Gasteiger partial charge on any atom is 0.0963 e. The first-order chi connectivity index (χ1) is 19.3. The number of pyridine rings is 2. The molecule has 0 saturated carbocycles. The minimum Gasteiger partial charge on any atom is -0.308 e. The predicted octanol–water partition coefficient (Wildman–Crippen LogP) is 9.98. The molecule has 3 nitrogen and oxygen atoms in total.